The van der Waals surface area contributed by atoms with Crippen molar-refractivity contribution in [1.29, 1.82) is 0 Å². The standard InChI is InChI=1S/C27H33FN4O5/c1-16-30-22(12-24(31-16)27(35)29-14-18-6-10-21(28)26(11-18)36-2)23-13-25(37-32-23)19-7-3-17(4-8-19)5-9-20(34)15-33/h6,10-12,17,19,25,33H,3-5,7-9,13-15H2,1-2H3,(H,29,35)/t17?,19?,25-/m0/s1. The fourth-order valence-corrected chi connectivity index (χ4v) is 5.01. The molecule has 1 aliphatic heterocycles. The van der Waals surface area contributed by atoms with Crippen LogP contribution in [-0.2, 0) is 16.2 Å². The van der Waals surface area contributed by atoms with E-state index < -0.39 is 5.82 Å². The summed E-state index contributed by atoms with van der Waals surface area (Å²) in [5, 5.41) is 16.0. The minimum absolute atomic E-state index is 0.0315. The number of ether oxygens (including phenoxy) is 1. The number of aliphatic hydroxyl groups is 1. The number of hydrogen-bond donors (Lipinski definition) is 2. The van der Waals surface area contributed by atoms with Gasteiger partial charge in [0.1, 0.15) is 29.9 Å². The second kappa shape index (κ2) is 12.2. The molecule has 2 aromatic rings. The Kier molecular flexibility index (Phi) is 8.81. The number of Topliss-reactive ketones (excluding diaryl/α,β-unsaturated/α-hetero) is 1. The van der Waals surface area contributed by atoms with E-state index in [0.717, 1.165) is 32.1 Å². The molecule has 2 heterocycles. The number of amides is 1. The molecule has 1 atom stereocenters. The Balaban J connectivity index is 1.32. The van der Waals surface area contributed by atoms with Gasteiger partial charge >= 0.3 is 0 Å². The van der Waals surface area contributed by atoms with Gasteiger partial charge < -0.3 is 20.0 Å². The summed E-state index contributed by atoms with van der Waals surface area (Å²) in [4.78, 5) is 38.7. The summed E-state index contributed by atoms with van der Waals surface area (Å²) in [6.45, 7) is 1.54. The number of aromatic nitrogens is 2. The highest BCUT2D eigenvalue weighted by molar-refractivity contribution is 6.01. The van der Waals surface area contributed by atoms with E-state index in [1.807, 2.05) is 0 Å². The Morgan fingerprint density at radius 3 is 2.70 bits per heavy atom. The van der Waals surface area contributed by atoms with Gasteiger partial charge in [-0.15, -0.1) is 0 Å². The van der Waals surface area contributed by atoms with Crippen LogP contribution in [-0.4, -0.2) is 52.3 Å². The molecule has 1 aromatic carbocycles. The number of ketones is 1. The molecule has 4 rings (SSSR count). The van der Waals surface area contributed by atoms with Crippen molar-refractivity contribution in [1.82, 2.24) is 15.3 Å². The van der Waals surface area contributed by atoms with Gasteiger partial charge in [-0.2, -0.15) is 0 Å². The second-order valence-corrected chi connectivity index (χ2v) is 9.74. The van der Waals surface area contributed by atoms with Gasteiger partial charge in [-0.25, -0.2) is 14.4 Å². The van der Waals surface area contributed by atoms with E-state index >= 15 is 0 Å². The normalized spacial score (nSPS) is 21.2. The maximum atomic E-state index is 13.6. The summed E-state index contributed by atoms with van der Waals surface area (Å²) < 4.78 is 18.6. The predicted molar refractivity (Wildman–Crippen MR) is 134 cm³/mol. The van der Waals surface area contributed by atoms with Gasteiger partial charge in [-0.1, -0.05) is 24.1 Å². The number of carbonyl (C=O) groups excluding carboxylic acids is 2. The molecular formula is C27H33FN4O5. The minimum atomic E-state index is -0.464. The van der Waals surface area contributed by atoms with Crippen LogP contribution in [0.4, 0.5) is 4.39 Å². The highest BCUT2D eigenvalue weighted by atomic mass is 19.1. The van der Waals surface area contributed by atoms with Gasteiger partial charge in [0.05, 0.1) is 12.8 Å². The number of nitrogens with one attached hydrogen (secondary N) is 1. The Bertz CT molecular complexity index is 1160. The number of halogens is 1. The van der Waals surface area contributed by atoms with E-state index in [1.54, 1.807) is 25.1 Å². The summed E-state index contributed by atoms with van der Waals surface area (Å²) in [5.74, 6) is 0.530. The molecule has 0 bridgehead atoms. The monoisotopic (exact) mass is 512 g/mol. The van der Waals surface area contributed by atoms with Crippen molar-refractivity contribution in [3.63, 3.8) is 0 Å². The molecule has 0 radical (unpaired) electrons. The summed E-state index contributed by atoms with van der Waals surface area (Å²) in [6, 6.07) is 6.04. The lowest BCUT2D eigenvalue weighted by atomic mass is 9.76. The molecule has 198 valence electrons. The lowest BCUT2D eigenvalue weighted by Gasteiger charge is -2.30. The number of nitrogens with zero attached hydrogens (tertiary/aromatic N) is 3. The van der Waals surface area contributed by atoms with Crippen molar-refractivity contribution in [2.75, 3.05) is 13.7 Å². The quantitative estimate of drug-likeness (QED) is 0.499. The van der Waals surface area contributed by atoms with Gasteiger partial charge in [0.25, 0.3) is 5.91 Å². The highest BCUT2D eigenvalue weighted by Crippen LogP contribution is 2.37. The molecule has 1 saturated carbocycles. The maximum absolute atomic E-state index is 13.6. The third-order valence-electron chi connectivity index (χ3n) is 7.15. The van der Waals surface area contributed by atoms with Crippen molar-refractivity contribution in [3.05, 3.63) is 52.9 Å². The van der Waals surface area contributed by atoms with Gasteiger partial charge in [-0.05, 0) is 61.8 Å². The van der Waals surface area contributed by atoms with Crippen LogP contribution < -0.4 is 10.1 Å². The first-order valence-electron chi connectivity index (χ1n) is 12.7. The third-order valence-corrected chi connectivity index (χ3v) is 7.15. The topological polar surface area (TPSA) is 123 Å². The molecule has 1 aliphatic carbocycles. The van der Waals surface area contributed by atoms with E-state index in [4.69, 9.17) is 14.7 Å². The summed E-state index contributed by atoms with van der Waals surface area (Å²) >= 11 is 0. The molecule has 1 fully saturated rings. The predicted octanol–water partition coefficient (Wildman–Crippen LogP) is 3.50. The number of oxime groups is 1. The van der Waals surface area contributed by atoms with Crippen LogP contribution in [0.2, 0.25) is 0 Å². The summed E-state index contributed by atoms with van der Waals surface area (Å²) in [7, 11) is 1.39. The first-order chi connectivity index (χ1) is 17.9. The Hall–Kier alpha value is -3.40. The van der Waals surface area contributed by atoms with Crippen molar-refractivity contribution >= 4 is 17.4 Å². The average Bonchev–Trinajstić information content (AvgIpc) is 3.41. The fourth-order valence-electron chi connectivity index (χ4n) is 5.01. The molecule has 10 heteroatoms. The van der Waals surface area contributed by atoms with E-state index in [-0.39, 0.29) is 42.4 Å². The average molecular weight is 513 g/mol. The molecule has 0 spiro atoms. The molecule has 1 amide bonds. The van der Waals surface area contributed by atoms with Crippen LogP contribution in [0.15, 0.2) is 29.4 Å². The molecule has 37 heavy (non-hydrogen) atoms. The first-order valence-corrected chi connectivity index (χ1v) is 12.7. The van der Waals surface area contributed by atoms with Crippen molar-refractivity contribution in [2.45, 2.75) is 64.5 Å². The molecule has 0 unspecified atom stereocenters. The maximum Gasteiger partial charge on any atom is 0.270 e. The molecule has 2 aliphatic rings. The third kappa shape index (κ3) is 6.88. The molecular weight excluding hydrogens is 479 g/mol. The Morgan fingerprint density at radius 2 is 1.97 bits per heavy atom. The molecule has 1 aromatic heterocycles. The van der Waals surface area contributed by atoms with Crippen LogP contribution in [0.5, 0.6) is 5.75 Å². The van der Waals surface area contributed by atoms with Crippen LogP contribution in [0.1, 0.15) is 72.5 Å². The number of benzene rings is 1. The number of carbonyl (C=O) groups is 2. The summed E-state index contributed by atoms with van der Waals surface area (Å²) in [5.41, 5.74) is 2.19. The number of hydrogen-bond acceptors (Lipinski definition) is 8. The Labute approximate surface area is 215 Å². The smallest absolute Gasteiger partial charge is 0.270 e. The van der Waals surface area contributed by atoms with Gasteiger partial charge in [0.15, 0.2) is 17.3 Å². The lowest BCUT2D eigenvalue weighted by Crippen LogP contribution is -2.27. The number of aliphatic hydroxyl groups excluding tert-OH is 1. The van der Waals surface area contributed by atoms with Gasteiger partial charge in [0.2, 0.25) is 0 Å². The minimum Gasteiger partial charge on any atom is -0.494 e. The van der Waals surface area contributed by atoms with Crippen molar-refractivity contribution in [2.24, 2.45) is 17.0 Å². The van der Waals surface area contributed by atoms with Crippen LogP contribution >= 0.6 is 0 Å². The lowest BCUT2D eigenvalue weighted by molar-refractivity contribution is -0.122. The van der Waals surface area contributed by atoms with Crippen LogP contribution in [0, 0.1) is 24.6 Å². The number of methoxy groups -OCH3 is 1. The Morgan fingerprint density at radius 1 is 1.19 bits per heavy atom. The van der Waals surface area contributed by atoms with Gasteiger partial charge in [0, 0.05) is 19.4 Å². The van der Waals surface area contributed by atoms with E-state index in [1.165, 1.54) is 13.2 Å². The molecule has 0 saturated heterocycles. The van der Waals surface area contributed by atoms with E-state index in [0.29, 0.717) is 47.5 Å². The molecule has 2 N–H and O–H groups in total. The fraction of sp³-hybridized carbons (Fsp3) is 0.519. The largest absolute Gasteiger partial charge is 0.494 e. The first kappa shape index (κ1) is 26.7. The van der Waals surface area contributed by atoms with E-state index in [9.17, 15) is 14.0 Å². The van der Waals surface area contributed by atoms with Crippen LogP contribution in [0.25, 0.3) is 0 Å². The highest BCUT2D eigenvalue weighted by Gasteiger charge is 2.34. The van der Waals surface area contributed by atoms with Gasteiger partial charge in [-0.3, -0.25) is 9.59 Å². The molecule has 9 nitrogen and oxygen atoms in total. The zero-order chi connectivity index (χ0) is 26.4. The zero-order valence-corrected chi connectivity index (χ0v) is 21.2. The van der Waals surface area contributed by atoms with E-state index in [2.05, 4.69) is 20.4 Å². The SMILES string of the molecule is COc1cc(CNC(=O)c2cc(C3=NO[C@H](C4CCC(CCC(=O)CO)CC4)C3)nc(C)n2)ccc1F. The second-order valence-electron chi connectivity index (χ2n) is 9.74. The van der Waals surface area contributed by atoms with Crippen LogP contribution in [0.3, 0.4) is 0 Å². The number of rotatable bonds is 10. The summed E-state index contributed by atoms with van der Waals surface area (Å²) in [6.07, 6.45) is 5.96. The zero-order valence-electron chi connectivity index (χ0n) is 21.2. The number of aryl methyl sites for hydroxylation is 1. The van der Waals surface area contributed by atoms with Crippen molar-refractivity contribution in [3.8, 4) is 5.75 Å². The van der Waals surface area contributed by atoms with Crippen molar-refractivity contribution < 1.29 is 28.7 Å².